The summed E-state index contributed by atoms with van der Waals surface area (Å²) < 4.78 is 5.67. The largest absolute Gasteiger partial charge is 0.493 e. The molecule has 1 atom stereocenters. The molecule has 0 bridgehead atoms. The summed E-state index contributed by atoms with van der Waals surface area (Å²) in [5, 5.41) is 3.30. The van der Waals surface area contributed by atoms with Gasteiger partial charge in [-0.05, 0) is 24.6 Å². The van der Waals surface area contributed by atoms with Gasteiger partial charge in [-0.3, -0.25) is 0 Å². The Labute approximate surface area is 169 Å². The first kappa shape index (κ1) is 18.5. The average Bonchev–Trinajstić information content (AvgIpc) is 3.05. The summed E-state index contributed by atoms with van der Waals surface area (Å²) in [7, 11) is 0. The number of nitrogens with zero attached hydrogens (tertiary/aromatic N) is 2. The molecule has 7 heteroatoms. The molecular formula is C19H22IN5O. The normalized spacial score (nSPS) is 16.5. The van der Waals surface area contributed by atoms with Crippen LogP contribution in [0.4, 0.5) is 0 Å². The highest BCUT2D eigenvalue weighted by atomic mass is 127. The maximum atomic E-state index is 6.09. The molecule has 26 heavy (non-hydrogen) atoms. The van der Waals surface area contributed by atoms with Crippen LogP contribution in [0.2, 0.25) is 0 Å². The van der Waals surface area contributed by atoms with Gasteiger partial charge in [0.1, 0.15) is 18.1 Å². The van der Waals surface area contributed by atoms with Crippen molar-refractivity contribution in [1.29, 1.82) is 0 Å². The van der Waals surface area contributed by atoms with Crippen molar-refractivity contribution in [3.8, 4) is 5.75 Å². The van der Waals surface area contributed by atoms with Crippen LogP contribution in [0.25, 0.3) is 11.0 Å². The third kappa shape index (κ3) is 3.77. The Hall–Kier alpha value is -2.29. The minimum absolute atomic E-state index is 0. The molecule has 2 heterocycles. The second-order valence-electron chi connectivity index (χ2n) is 6.23. The van der Waals surface area contributed by atoms with Crippen molar-refractivity contribution in [3.05, 3.63) is 59.4 Å². The number of aryl methyl sites for hydroxylation is 1. The minimum Gasteiger partial charge on any atom is -0.493 e. The number of nitrogens with two attached hydrogens (primary N) is 1. The summed E-state index contributed by atoms with van der Waals surface area (Å²) in [5.41, 5.74) is 10.4. The first-order chi connectivity index (χ1) is 12.2. The number of benzene rings is 2. The fourth-order valence-corrected chi connectivity index (χ4v) is 3.18. The van der Waals surface area contributed by atoms with Crippen LogP contribution in [0.3, 0.4) is 0 Å². The molecule has 2 aromatic carbocycles. The molecule has 6 nitrogen and oxygen atoms in total. The van der Waals surface area contributed by atoms with Gasteiger partial charge in [-0.15, -0.1) is 24.0 Å². The van der Waals surface area contributed by atoms with Gasteiger partial charge in [0, 0.05) is 12.0 Å². The Morgan fingerprint density at radius 2 is 2.15 bits per heavy atom. The molecule has 0 aliphatic carbocycles. The first-order valence-electron chi connectivity index (χ1n) is 8.43. The Bertz CT molecular complexity index is 937. The topological polar surface area (TPSA) is 88.3 Å². The molecule has 0 saturated heterocycles. The van der Waals surface area contributed by atoms with Crippen molar-refractivity contribution in [3.63, 3.8) is 0 Å². The zero-order chi connectivity index (χ0) is 17.2. The van der Waals surface area contributed by atoms with Gasteiger partial charge >= 0.3 is 0 Å². The summed E-state index contributed by atoms with van der Waals surface area (Å²) in [4.78, 5) is 12.3. The monoisotopic (exact) mass is 463 g/mol. The maximum absolute atomic E-state index is 6.09. The van der Waals surface area contributed by atoms with Gasteiger partial charge < -0.3 is 20.8 Å². The van der Waals surface area contributed by atoms with Gasteiger partial charge in [-0.2, -0.15) is 0 Å². The van der Waals surface area contributed by atoms with Gasteiger partial charge in [0.05, 0.1) is 23.7 Å². The summed E-state index contributed by atoms with van der Waals surface area (Å²) in [6, 6.07) is 14.2. The van der Waals surface area contributed by atoms with Crippen LogP contribution in [0.5, 0.6) is 5.75 Å². The lowest BCUT2D eigenvalue weighted by atomic mass is 10.0. The lowest BCUT2D eigenvalue weighted by Gasteiger charge is -2.26. The van der Waals surface area contributed by atoms with Crippen molar-refractivity contribution in [2.45, 2.75) is 25.9 Å². The third-order valence-electron chi connectivity index (χ3n) is 4.44. The highest BCUT2D eigenvalue weighted by molar-refractivity contribution is 14.0. The summed E-state index contributed by atoms with van der Waals surface area (Å²) in [6.45, 7) is 3.14. The molecule has 0 amide bonds. The number of nitrogens with one attached hydrogen (secondary N) is 2. The predicted octanol–water partition coefficient (Wildman–Crippen LogP) is 3.42. The molecule has 4 N–H and O–H groups in total. The van der Waals surface area contributed by atoms with Crippen LogP contribution in [-0.4, -0.2) is 22.5 Å². The van der Waals surface area contributed by atoms with Crippen LogP contribution in [0.1, 0.15) is 29.4 Å². The molecule has 0 fully saturated rings. The van der Waals surface area contributed by atoms with E-state index < -0.39 is 0 Å². The third-order valence-corrected chi connectivity index (χ3v) is 4.44. The number of imidazole rings is 1. The fourth-order valence-electron chi connectivity index (χ4n) is 3.18. The molecule has 0 spiro atoms. The van der Waals surface area contributed by atoms with E-state index in [0.29, 0.717) is 19.1 Å². The molecule has 136 valence electrons. The number of guanidine groups is 1. The molecular weight excluding hydrogens is 441 g/mol. The van der Waals surface area contributed by atoms with Crippen LogP contribution < -0.4 is 15.8 Å². The van der Waals surface area contributed by atoms with Gasteiger partial charge in [-0.25, -0.2) is 9.98 Å². The fraction of sp³-hybridized carbons (Fsp3) is 0.263. The Morgan fingerprint density at radius 3 is 3.00 bits per heavy atom. The number of aliphatic imine (C=N–C) groups is 1. The highest BCUT2D eigenvalue weighted by Gasteiger charge is 2.21. The SMILES string of the molecule is Cc1cccc2[nH]c(CN=C(N)NC3CCOc4ccccc43)nc12.I. The van der Waals surface area contributed by atoms with Crippen LogP contribution >= 0.6 is 24.0 Å². The average molecular weight is 463 g/mol. The molecule has 0 radical (unpaired) electrons. The summed E-state index contributed by atoms with van der Waals surface area (Å²) >= 11 is 0. The zero-order valence-electron chi connectivity index (χ0n) is 14.5. The summed E-state index contributed by atoms with van der Waals surface area (Å²) in [6.07, 6.45) is 0.858. The van der Waals surface area contributed by atoms with Gasteiger partial charge in [0.2, 0.25) is 0 Å². The maximum Gasteiger partial charge on any atom is 0.189 e. The van der Waals surface area contributed by atoms with Gasteiger partial charge in [-0.1, -0.05) is 30.3 Å². The van der Waals surface area contributed by atoms with Crippen molar-refractivity contribution >= 4 is 41.0 Å². The Morgan fingerprint density at radius 1 is 1.31 bits per heavy atom. The number of fused-ring (bicyclic) bond motifs is 2. The second kappa shape index (κ2) is 7.94. The number of ether oxygens (including phenoxy) is 1. The van der Waals surface area contributed by atoms with E-state index in [2.05, 4.69) is 39.3 Å². The van der Waals surface area contributed by atoms with Crippen LogP contribution in [-0.2, 0) is 6.54 Å². The van der Waals surface area contributed by atoms with E-state index in [9.17, 15) is 0 Å². The standard InChI is InChI=1S/C19H21N5O.HI/c1-12-5-4-7-15-18(12)24-17(22-15)11-21-19(20)23-14-9-10-25-16-8-3-2-6-13(14)16;/h2-8,14H,9-11H2,1H3,(H,22,24)(H3,20,21,23);1H. The molecule has 4 rings (SSSR count). The van der Waals surface area contributed by atoms with E-state index in [1.807, 2.05) is 30.3 Å². The van der Waals surface area contributed by atoms with E-state index >= 15 is 0 Å². The number of rotatable bonds is 3. The number of aromatic nitrogens is 2. The number of para-hydroxylation sites is 2. The highest BCUT2D eigenvalue weighted by Crippen LogP contribution is 2.31. The van der Waals surface area contributed by atoms with Crippen LogP contribution in [0.15, 0.2) is 47.5 Å². The van der Waals surface area contributed by atoms with Crippen molar-refractivity contribution < 1.29 is 4.74 Å². The van der Waals surface area contributed by atoms with E-state index in [0.717, 1.165) is 40.2 Å². The van der Waals surface area contributed by atoms with E-state index in [-0.39, 0.29) is 30.0 Å². The second-order valence-corrected chi connectivity index (χ2v) is 6.23. The Kier molecular flexibility index (Phi) is 5.65. The number of hydrogen-bond acceptors (Lipinski definition) is 3. The molecule has 0 saturated carbocycles. The lowest BCUT2D eigenvalue weighted by molar-refractivity contribution is 0.262. The predicted molar refractivity (Wildman–Crippen MR) is 114 cm³/mol. The van der Waals surface area contributed by atoms with Crippen molar-refractivity contribution in [2.75, 3.05) is 6.61 Å². The number of H-pyrrole nitrogens is 1. The molecule has 3 aromatic rings. The quantitative estimate of drug-likeness (QED) is 0.316. The van der Waals surface area contributed by atoms with Crippen molar-refractivity contribution in [1.82, 2.24) is 15.3 Å². The number of hydrogen-bond donors (Lipinski definition) is 3. The smallest absolute Gasteiger partial charge is 0.189 e. The van der Waals surface area contributed by atoms with Crippen molar-refractivity contribution in [2.24, 2.45) is 10.7 Å². The molecule has 1 aliphatic rings. The molecule has 1 aromatic heterocycles. The van der Waals surface area contributed by atoms with Crippen LogP contribution in [0, 0.1) is 6.92 Å². The minimum atomic E-state index is 0. The van der Waals surface area contributed by atoms with E-state index in [1.54, 1.807) is 0 Å². The number of halogens is 1. The van der Waals surface area contributed by atoms with Gasteiger partial charge in [0.25, 0.3) is 0 Å². The zero-order valence-corrected chi connectivity index (χ0v) is 16.9. The molecule has 1 aliphatic heterocycles. The molecule has 1 unspecified atom stereocenters. The number of aromatic amines is 1. The summed E-state index contributed by atoms with van der Waals surface area (Å²) in [5.74, 6) is 2.13. The lowest BCUT2D eigenvalue weighted by Crippen LogP contribution is -2.37. The van der Waals surface area contributed by atoms with Gasteiger partial charge in [0.15, 0.2) is 5.96 Å². The van der Waals surface area contributed by atoms with E-state index in [4.69, 9.17) is 10.5 Å². The van der Waals surface area contributed by atoms with E-state index in [1.165, 1.54) is 0 Å². The first-order valence-corrected chi connectivity index (χ1v) is 8.43. The Balaban J connectivity index is 0.00000196.